The van der Waals surface area contributed by atoms with Crippen LogP contribution in [-0.2, 0) is 6.54 Å². The molecule has 0 aliphatic rings. The lowest BCUT2D eigenvalue weighted by atomic mass is 10.2. The summed E-state index contributed by atoms with van der Waals surface area (Å²) in [5, 5.41) is 4.70. The SMILES string of the molecule is COc1cccc2cc(C(=O)NCc3sc(C)nc3C)oc12. The lowest BCUT2D eigenvalue weighted by Crippen LogP contribution is -2.22. The van der Waals surface area contributed by atoms with Crippen molar-refractivity contribution in [1.29, 1.82) is 0 Å². The summed E-state index contributed by atoms with van der Waals surface area (Å²) in [6.07, 6.45) is 0. The number of nitrogens with one attached hydrogen (secondary N) is 1. The number of methoxy groups -OCH3 is 1. The molecule has 1 aromatic carbocycles. The number of carbonyl (C=O) groups is 1. The molecule has 0 saturated heterocycles. The Morgan fingerprint density at radius 1 is 1.41 bits per heavy atom. The van der Waals surface area contributed by atoms with E-state index in [1.54, 1.807) is 30.6 Å². The highest BCUT2D eigenvalue weighted by molar-refractivity contribution is 7.11. The summed E-state index contributed by atoms with van der Waals surface area (Å²) < 4.78 is 10.9. The van der Waals surface area contributed by atoms with E-state index in [1.807, 2.05) is 26.0 Å². The Bertz CT molecular complexity index is 835. The average Bonchev–Trinajstić information content (AvgIpc) is 3.07. The van der Waals surface area contributed by atoms with Crippen molar-refractivity contribution in [1.82, 2.24) is 10.3 Å². The molecule has 3 rings (SSSR count). The smallest absolute Gasteiger partial charge is 0.287 e. The van der Waals surface area contributed by atoms with Gasteiger partial charge in [0.2, 0.25) is 0 Å². The Labute approximate surface area is 131 Å². The average molecular weight is 316 g/mol. The van der Waals surface area contributed by atoms with E-state index in [0.29, 0.717) is 17.9 Å². The molecule has 0 spiro atoms. The Morgan fingerprint density at radius 3 is 2.91 bits per heavy atom. The van der Waals surface area contributed by atoms with Gasteiger partial charge >= 0.3 is 0 Å². The molecule has 114 valence electrons. The summed E-state index contributed by atoms with van der Waals surface area (Å²) in [6.45, 7) is 4.34. The first-order valence-corrected chi connectivity index (χ1v) is 7.68. The number of amides is 1. The van der Waals surface area contributed by atoms with E-state index in [4.69, 9.17) is 9.15 Å². The molecule has 0 fully saturated rings. The van der Waals surface area contributed by atoms with Gasteiger partial charge in [-0.25, -0.2) is 4.98 Å². The molecule has 0 atom stereocenters. The molecule has 2 heterocycles. The highest BCUT2D eigenvalue weighted by Crippen LogP contribution is 2.28. The van der Waals surface area contributed by atoms with Crippen molar-refractivity contribution in [2.45, 2.75) is 20.4 Å². The third-order valence-electron chi connectivity index (χ3n) is 3.36. The molecule has 1 amide bonds. The molecule has 6 heteroatoms. The molecule has 2 aromatic heterocycles. The number of hydrogen-bond donors (Lipinski definition) is 1. The van der Waals surface area contributed by atoms with E-state index in [1.165, 1.54) is 0 Å². The van der Waals surface area contributed by atoms with Gasteiger partial charge < -0.3 is 14.5 Å². The first kappa shape index (κ1) is 14.6. The van der Waals surface area contributed by atoms with Crippen LogP contribution in [-0.4, -0.2) is 18.0 Å². The van der Waals surface area contributed by atoms with Gasteiger partial charge in [-0.3, -0.25) is 4.79 Å². The number of para-hydroxylation sites is 1. The second-order valence-electron chi connectivity index (χ2n) is 4.91. The van der Waals surface area contributed by atoms with Crippen molar-refractivity contribution in [3.05, 3.63) is 45.6 Å². The predicted octanol–water partition coefficient (Wildman–Crippen LogP) is 3.44. The fraction of sp³-hybridized carbons (Fsp3) is 0.250. The standard InChI is InChI=1S/C16H16N2O3S/c1-9-14(22-10(2)18-9)8-17-16(19)13-7-11-5-4-6-12(20-3)15(11)21-13/h4-7H,8H2,1-3H3,(H,17,19). The number of nitrogens with zero attached hydrogens (tertiary/aromatic N) is 1. The monoisotopic (exact) mass is 316 g/mol. The minimum Gasteiger partial charge on any atom is -0.493 e. The van der Waals surface area contributed by atoms with Gasteiger partial charge in [-0.1, -0.05) is 12.1 Å². The van der Waals surface area contributed by atoms with Crippen molar-refractivity contribution < 1.29 is 13.9 Å². The molecule has 0 aliphatic heterocycles. The van der Waals surface area contributed by atoms with E-state index >= 15 is 0 Å². The highest BCUT2D eigenvalue weighted by Gasteiger charge is 2.15. The van der Waals surface area contributed by atoms with Gasteiger partial charge in [0.25, 0.3) is 5.91 Å². The van der Waals surface area contributed by atoms with E-state index in [-0.39, 0.29) is 11.7 Å². The maximum Gasteiger partial charge on any atom is 0.287 e. The number of carbonyl (C=O) groups excluding carboxylic acids is 1. The van der Waals surface area contributed by atoms with Gasteiger partial charge in [0.15, 0.2) is 17.1 Å². The molecule has 0 saturated carbocycles. The summed E-state index contributed by atoms with van der Waals surface area (Å²) in [6, 6.07) is 7.27. The van der Waals surface area contributed by atoms with Crippen molar-refractivity contribution in [2.75, 3.05) is 7.11 Å². The fourth-order valence-corrected chi connectivity index (χ4v) is 3.17. The van der Waals surface area contributed by atoms with Gasteiger partial charge in [-0.15, -0.1) is 11.3 Å². The normalized spacial score (nSPS) is 10.9. The van der Waals surface area contributed by atoms with Crippen LogP contribution in [0.1, 0.15) is 26.1 Å². The molecular weight excluding hydrogens is 300 g/mol. The third kappa shape index (κ3) is 2.69. The Morgan fingerprint density at radius 2 is 2.23 bits per heavy atom. The lowest BCUT2D eigenvalue weighted by Gasteiger charge is -2.01. The zero-order valence-corrected chi connectivity index (χ0v) is 13.4. The third-order valence-corrected chi connectivity index (χ3v) is 4.43. The molecule has 5 nitrogen and oxygen atoms in total. The van der Waals surface area contributed by atoms with Crippen LogP contribution in [0.25, 0.3) is 11.0 Å². The zero-order valence-electron chi connectivity index (χ0n) is 12.6. The van der Waals surface area contributed by atoms with Crippen LogP contribution in [0.2, 0.25) is 0 Å². The molecule has 3 aromatic rings. The lowest BCUT2D eigenvalue weighted by molar-refractivity contribution is 0.0925. The van der Waals surface area contributed by atoms with E-state index < -0.39 is 0 Å². The maximum absolute atomic E-state index is 12.2. The minimum atomic E-state index is -0.247. The number of benzene rings is 1. The quantitative estimate of drug-likeness (QED) is 0.801. The van der Waals surface area contributed by atoms with Crippen molar-refractivity contribution in [3.8, 4) is 5.75 Å². The summed E-state index contributed by atoms with van der Waals surface area (Å²) in [5.41, 5.74) is 1.54. The number of rotatable bonds is 4. The molecule has 0 bridgehead atoms. The molecular formula is C16H16N2O3S. The highest BCUT2D eigenvalue weighted by atomic mass is 32.1. The molecule has 0 unspecified atom stereocenters. The molecule has 0 radical (unpaired) electrons. The first-order valence-electron chi connectivity index (χ1n) is 6.86. The second-order valence-corrected chi connectivity index (χ2v) is 6.20. The maximum atomic E-state index is 12.2. The number of hydrogen-bond acceptors (Lipinski definition) is 5. The summed E-state index contributed by atoms with van der Waals surface area (Å²) in [4.78, 5) is 17.6. The number of fused-ring (bicyclic) bond motifs is 1. The van der Waals surface area contributed by atoms with Crippen molar-refractivity contribution in [2.24, 2.45) is 0 Å². The number of thiazole rings is 1. The molecule has 1 N–H and O–H groups in total. The van der Waals surface area contributed by atoms with Gasteiger partial charge in [0.05, 0.1) is 24.4 Å². The number of furan rings is 1. The Hall–Kier alpha value is -2.34. The van der Waals surface area contributed by atoms with Crippen LogP contribution in [0.3, 0.4) is 0 Å². The fourth-order valence-electron chi connectivity index (χ4n) is 2.29. The number of ether oxygens (including phenoxy) is 1. The topological polar surface area (TPSA) is 64.4 Å². The van der Waals surface area contributed by atoms with Crippen LogP contribution < -0.4 is 10.1 Å². The zero-order chi connectivity index (χ0) is 15.7. The van der Waals surface area contributed by atoms with Gasteiger partial charge in [-0.2, -0.15) is 0 Å². The van der Waals surface area contributed by atoms with E-state index in [2.05, 4.69) is 10.3 Å². The summed E-state index contributed by atoms with van der Waals surface area (Å²) in [5.74, 6) is 0.646. The van der Waals surface area contributed by atoms with Crippen LogP contribution in [0.4, 0.5) is 0 Å². The molecule has 0 aliphatic carbocycles. The largest absolute Gasteiger partial charge is 0.493 e. The Kier molecular flexibility index (Phi) is 3.85. The first-order chi connectivity index (χ1) is 10.6. The van der Waals surface area contributed by atoms with Gasteiger partial charge in [0.1, 0.15) is 0 Å². The van der Waals surface area contributed by atoms with Gasteiger partial charge in [0, 0.05) is 10.3 Å². The number of aryl methyl sites for hydroxylation is 2. The Balaban J connectivity index is 1.79. The van der Waals surface area contributed by atoms with Crippen molar-refractivity contribution >= 4 is 28.2 Å². The summed E-state index contributed by atoms with van der Waals surface area (Å²) in [7, 11) is 1.58. The van der Waals surface area contributed by atoms with Crippen LogP contribution >= 0.6 is 11.3 Å². The van der Waals surface area contributed by atoms with Gasteiger partial charge in [-0.05, 0) is 26.0 Å². The summed E-state index contributed by atoms with van der Waals surface area (Å²) >= 11 is 1.59. The van der Waals surface area contributed by atoms with Crippen LogP contribution in [0.5, 0.6) is 5.75 Å². The van der Waals surface area contributed by atoms with Crippen LogP contribution in [0, 0.1) is 13.8 Å². The minimum absolute atomic E-state index is 0.247. The van der Waals surface area contributed by atoms with E-state index in [0.717, 1.165) is 21.0 Å². The van der Waals surface area contributed by atoms with Crippen LogP contribution in [0.15, 0.2) is 28.7 Å². The van der Waals surface area contributed by atoms with E-state index in [9.17, 15) is 4.79 Å². The molecule has 22 heavy (non-hydrogen) atoms. The number of aromatic nitrogens is 1. The predicted molar refractivity (Wildman–Crippen MR) is 85.5 cm³/mol. The van der Waals surface area contributed by atoms with Crippen molar-refractivity contribution in [3.63, 3.8) is 0 Å². The second kappa shape index (κ2) is 5.81.